The van der Waals surface area contributed by atoms with Crippen LogP contribution in [-0.2, 0) is 9.59 Å². The highest BCUT2D eigenvalue weighted by Crippen LogP contribution is 2.29. The number of Topliss-reactive ketones (excluding diaryl/α,β-unsaturated/α-hetero) is 1. The molecule has 0 aliphatic rings. The minimum atomic E-state index is -0.371. The average Bonchev–Trinajstić information content (AvgIpc) is 2.42. The molecule has 0 aliphatic carbocycles. The Kier molecular flexibility index (Phi) is 7.08. The van der Waals surface area contributed by atoms with Crippen molar-refractivity contribution in [2.75, 3.05) is 23.9 Å². The van der Waals surface area contributed by atoms with E-state index in [4.69, 9.17) is 9.47 Å². The van der Waals surface area contributed by atoms with Gasteiger partial charge < -0.3 is 14.8 Å². The van der Waals surface area contributed by atoms with Crippen molar-refractivity contribution >= 4 is 33.3 Å². The maximum Gasteiger partial charge on any atom is 0.231 e. The fourth-order valence-electron chi connectivity index (χ4n) is 1.57. The Morgan fingerprint density at radius 3 is 2.50 bits per heavy atom. The van der Waals surface area contributed by atoms with E-state index in [2.05, 4.69) is 21.2 Å². The molecule has 0 saturated heterocycles. The predicted molar refractivity (Wildman–Crippen MR) is 80.8 cm³/mol. The van der Waals surface area contributed by atoms with E-state index in [9.17, 15) is 9.59 Å². The van der Waals surface area contributed by atoms with E-state index >= 15 is 0 Å². The molecule has 1 amide bonds. The van der Waals surface area contributed by atoms with Crippen LogP contribution < -0.4 is 14.8 Å². The third-order valence-corrected chi connectivity index (χ3v) is 2.97. The summed E-state index contributed by atoms with van der Waals surface area (Å²) < 4.78 is 10.8. The van der Waals surface area contributed by atoms with Gasteiger partial charge in [0.1, 0.15) is 11.5 Å². The van der Waals surface area contributed by atoms with Crippen molar-refractivity contribution in [1.29, 1.82) is 0 Å². The molecule has 0 spiro atoms. The lowest BCUT2D eigenvalue weighted by Crippen LogP contribution is -2.17. The Bertz CT molecular complexity index is 476. The van der Waals surface area contributed by atoms with Crippen molar-refractivity contribution in [3.05, 3.63) is 18.2 Å². The largest absolute Gasteiger partial charge is 0.494 e. The van der Waals surface area contributed by atoms with Crippen LogP contribution in [0.5, 0.6) is 11.5 Å². The lowest BCUT2D eigenvalue weighted by atomic mass is 10.2. The molecule has 110 valence electrons. The van der Waals surface area contributed by atoms with E-state index in [1.54, 1.807) is 18.2 Å². The van der Waals surface area contributed by atoms with Gasteiger partial charge in [0.25, 0.3) is 0 Å². The monoisotopic (exact) mass is 343 g/mol. The van der Waals surface area contributed by atoms with Crippen molar-refractivity contribution in [1.82, 2.24) is 0 Å². The standard InChI is InChI=1S/C14H18BrNO4/c1-3-19-11-5-6-13(20-4-2)12(8-11)16-14(18)7-10(17)9-15/h5-6,8H,3-4,7,9H2,1-2H3,(H,16,18). The minimum Gasteiger partial charge on any atom is -0.494 e. The van der Waals surface area contributed by atoms with Gasteiger partial charge in [-0.2, -0.15) is 0 Å². The summed E-state index contributed by atoms with van der Waals surface area (Å²) in [6, 6.07) is 5.19. The number of amides is 1. The van der Waals surface area contributed by atoms with Gasteiger partial charge in [-0.25, -0.2) is 0 Å². The molecule has 0 fully saturated rings. The zero-order valence-corrected chi connectivity index (χ0v) is 13.2. The highest BCUT2D eigenvalue weighted by Gasteiger charge is 2.12. The lowest BCUT2D eigenvalue weighted by Gasteiger charge is -2.13. The molecular weight excluding hydrogens is 326 g/mol. The molecule has 0 aromatic heterocycles. The quantitative estimate of drug-likeness (QED) is 0.582. The van der Waals surface area contributed by atoms with Crippen molar-refractivity contribution in [3.8, 4) is 11.5 Å². The van der Waals surface area contributed by atoms with Gasteiger partial charge in [-0.1, -0.05) is 15.9 Å². The summed E-state index contributed by atoms with van der Waals surface area (Å²) in [5.74, 6) is 0.638. The fourth-order valence-corrected chi connectivity index (χ4v) is 1.76. The van der Waals surface area contributed by atoms with E-state index in [-0.39, 0.29) is 23.4 Å². The lowest BCUT2D eigenvalue weighted by molar-refractivity contribution is -0.123. The number of ether oxygens (including phenoxy) is 2. The molecule has 1 N–H and O–H groups in total. The first-order valence-corrected chi connectivity index (χ1v) is 7.50. The van der Waals surface area contributed by atoms with Crippen molar-refractivity contribution < 1.29 is 19.1 Å². The molecule has 0 radical (unpaired) electrons. The zero-order chi connectivity index (χ0) is 15.0. The van der Waals surface area contributed by atoms with E-state index < -0.39 is 0 Å². The number of carbonyl (C=O) groups excluding carboxylic acids is 2. The Morgan fingerprint density at radius 2 is 1.90 bits per heavy atom. The van der Waals surface area contributed by atoms with E-state index in [0.29, 0.717) is 30.4 Å². The van der Waals surface area contributed by atoms with Crippen LogP contribution in [0.25, 0.3) is 0 Å². The van der Waals surface area contributed by atoms with Crippen LogP contribution in [0.1, 0.15) is 20.3 Å². The van der Waals surface area contributed by atoms with E-state index in [1.165, 1.54) is 0 Å². The smallest absolute Gasteiger partial charge is 0.231 e. The maximum atomic E-state index is 11.8. The average molecular weight is 344 g/mol. The second kappa shape index (κ2) is 8.58. The summed E-state index contributed by atoms with van der Waals surface area (Å²) in [6.07, 6.45) is -0.171. The molecule has 5 nitrogen and oxygen atoms in total. The molecule has 0 aliphatic heterocycles. The molecule has 0 heterocycles. The molecule has 0 saturated carbocycles. The van der Waals surface area contributed by atoms with Crippen molar-refractivity contribution in [2.24, 2.45) is 0 Å². The number of hydrogen-bond donors (Lipinski definition) is 1. The highest BCUT2D eigenvalue weighted by atomic mass is 79.9. The molecule has 0 unspecified atom stereocenters. The van der Waals surface area contributed by atoms with Crippen molar-refractivity contribution in [2.45, 2.75) is 20.3 Å². The number of carbonyl (C=O) groups is 2. The number of hydrogen-bond acceptors (Lipinski definition) is 4. The second-order valence-corrected chi connectivity index (χ2v) is 4.48. The predicted octanol–water partition coefficient (Wildman–Crippen LogP) is 2.78. The summed E-state index contributed by atoms with van der Waals surface area (Å²) in [4.78, 5) is 23.0. The molecule has 6 heteroatoms. The maximum absolute atomic E-state index is 11.8. The van der Waals surface area contributed by atoms with Crippen LogP contribution in [0.15, 0.2) is 18.2 Å². The van der Waals surface area contributed by atoms with Crippen LogP contribution >= 0.6 is 15.9 Å². The third kappa shape index (κ3) is 5.21. The first-order valence-electron chi connectivity index (χ1n) is 6.37. The topological polar surface area (TPSA) is 64.6 Å². The Labute approximate surface area is 126 Å². The molecule has 0 atom stereocenters. The number of halogens is 1. The summed E-state index contributed by atoms with van der Waals surface area (Å²) in [6.45, 7) is 4.75. The zero-order valence-electron chi connectivity index (χ0n) is 11.6. The van der Waals surface area contributed by atoms with Crippen LogP contribution in [-0.4, -0.2) is 30.2 Å². The van der Waals surface area contributed by atoms with Gasteiger partial charge in [-0.3, -0.25) is 9.59 Å². The van der Waals surface area contributed by atoms with Crippen LogP contribution in [0.3, 0.4) is 0 Å². The first-order chi connectivity index (χ1) is 9.60. The van der Waals surface area contributed by atoms with Gasteiger partial charge >= 0.3 is 0 Å². The Balaban J connectivity index is 2.85. The Hall–Kier alpha value is -1.56. The number of anilines is 1. The Morgan fingerprint density at radius 1 is 1.20 bits per heavy atom. The SMILES string of the molecule is CCOc1ccc(OCC)c(NC(=O)CC(=O)CBr)c1. The van der Waals surface area contributed by atoms with Gasteiger partial charge in [-0.05, 0) is 26.0 Å². The number of ketones is 1. The molecule has 0 bridgehead atoms. The normalized spacial score (nSPS) is 9.95. The minimum absolute atomic E-state index is 0.164. The van der Waals surface area contributed by atoms with Gasteiger partial charge in [0.2, 0.25) is 5.91 Å². The van der Waals surface area contributed by atoms with Gasteiger partial charge in [0.05, 0.1) is 30.7 Å². The van der Waals surface area contributed by atoms with Crippen LogP contribution in [0.2, 0.25) is 0 Å². The fraction of sp³-hybridized carbons (Fsp3) is 0.429. The first kappa shape index (κ1) is 16.5. The van der Waals surface area contributed by atoms with Crippen molar-refractivity contribution in [3.63, 3.8) is 0 Å². The van der Waals surface area contributed by atoms with E-state index in [0.717, 1.165) is 0 Å². The van der Waals surface area contributed by atoms with Crippen LogP contribution in [0.4, 0.5) is 5.69 Å². The summed E-state index contributed by atoms with van der Waals surface area (Å²) in [5.41, 5.74) is 0.505. The number of rotatable bonds is 8. The van der Waals surface area contributed by atoms with E-state index in [1.807, 2.05) is 13.8 Å². The number of alkyl halides is 1. The van der Waals surface area contributed by atoms with Crippen LogP contribution in [0, 0.1) is 0 Å². The van der Waals surface area contributed by atoms with Gasteiger partial charge in [0.15, 0.2) is 5.78 Å². The molecular formula is C14H18BrNO4. The molecule has 20 heavy (non-hydrogen) atoms. The molecule has 1 aromatic rings. The number of benzene rings is 1. The summed E-state index contributed by atoms with van der Waals surface area (Å²) in [5, 5.41) is 2.84. The number of nitrogens with one attached hydrogen (secondary N) is 1. The third-order valence-electron chi connectivity index (χ3n) is 2.34. The summed E-state index contributed by atoms with van der Waals surface area (Å²) in [7, 11) is 0. The second-order valence-electron chi connectivity index (χ2n) is 3.92. The molecule has 1 aromatic carbocycles. The van der Waals surface area contributed by atoms with Gasteiger partial charge in [0, 0.05) is 6.07 Å². The summed E-state index contributed by atoms with van der Waals surface area (Å²) >= 11 is 3.03. The highest BCUT2D eigenvalue weighted by molar-refractivity contribution is 9.09. The molecule has 1 rings (SSSR count). The van der Waals surface area contributed by atoms with Gasteiger partial charge in [-0.15, -0.1) is 0 Å².